The fourth-order valence-electron chi connectivity index (χ4n) is 3.63. The highest BCUT2D eigenvalue weighted by Crippen LogP contribution is 2.39. The van der Waals surface area contributed by atoms with Crippen LogP contribution in [0.4, 0.5) is 18.9 Å². The molecule has 0 aliphatic carbocycles. The van der Waals surface area contributed by atoms with Gasteiger partial charge in [-0.2, -0.15) is 0 Å². The lowest BCUT2D eigenvalue weighted by Gasteiger charge is -2.16. The molecule has 3 aromatic carbocycles. The molecule has 0 radical (unpaired) electrons. The van der Waals surface area contributed by atoms with Crippen molar-refractivity contribution in [1.29, 1.82) is 0 Å². The molecule has 0 atom stereocenters. The Morgan fingerprint density at radius 3 is 2.27 bits per heavy atom. The summed E-state index contributed by atoms with van der Waals surface area (Å²) >= 11 is 0. The maximum absolute atomic E-state index is 12.8. The Kier molecular flexibility index (Phi) is 7.03. The third kappa shape index (κ3) is 5.64. The topological polar surface area (TPSA) is 96.0 Å². The molecule has 0 saturated heterocycles. The van der Waals surface area contributed by atoms with Crippen molar-refractivity contribution in [1.82, 2.24) is 4.98 Å². The SMILES string of the molecule is COc1ccc2c(Oc3ccc(NS(=O)(=O)c4ccccc4OC(F)(F)F)cc3C)ccnc2c1OC. The number of methoxy groups -OCH3 is 2. The van der Waals surface area contributed by atoms with Gasteiger partial charge in [0.1, 0.15) is 27.7 Å². The number of aromatic nitrogens is 1. The molecule has 8 nitrogen and oxygen atoms in total. The Morgan fingerprint density at radius 2 is 1.59 bits per heavy atom. The lowest BCUT2D eigenvalue weighted by Crippen LogP contribution is -2.20. The number of fused-ring (bicyclic) bond motifs is 1. The van der Waals surface area contributed by atoms with Crippen molar-refractivity contribution < 1.29 is 40.5 Å². The molecule has 1 aromatic heterocycles. The van der Waals surface area contributed by atoms with Gasteiger partial charge in [-0.05, 0) is 61.0 Å². The first-order valence-electron chi connectivity index (χ1n) is 10.7. The van der Waals surface area contributed by atoms with Crippen LogP contribution in [-0.4, -0.2) is 34.0 Å². The number of hydrogen-bond acceptors (Lipinski definition) is 7. The van der Waals surface area contributed by atoms with Crippen LogP contribution in [0.2, 0.25) is 0 Å². The van der Waals surface area contributed by atoms with E-state index in [1.54, 1.807) is 37.4 Å². The molecule has 194 valence electrons. The zero-order valence-corrected chi connectivity index (χ0v) is 20.6. The van der Waals surface area contributed by atoms with Crippen molar-refractivity contribution in [2.75, 3.05) is 18.9 Å². The number of aryl methyl sites for hydroxylation is 1. The second-order valence-electron chi connectivity index (χ2n) is 7.69. The first kappa shape index (κ1) is 25.9. The number of hydrogen-bond donors (Lipinski definition) is 1. The van der Waals surface area contributed by atoms with Gasteiger partial charge in [0.25, 0.3) is 10.0 Å². The summed E-state index contributed by atoms with van der Waals surface area (Å²) in [4.78, 5) is 3.70. The number of ether oxygens (including phenoxy) is 4. The number of pyridine rings is 1. The monoisotopic (exact) mass is 534 g/mol. The summed E-state index contributed by atoms with van der Waals surface area (Å²) in [6, 6.07) is 14.1. The summed E-state index contributed by atoms with van der Waals surface area (Å²) < 4.78 is 86.8. The molecule has 1 N–H and O–H groups in total. The van der Waals surface area contributed by atoms with Gasteiger partial charge in [-0.15, -0.1) is 13.2 Å². The van der Waals surface area contributed by atoms with Crippen LogP contribution >= 0.6 is 0 Å². The maximum atomic E-state index is 12.8. The normalized spacial score (nSPS) is 11.7. The summed E-state index contributed by atoms with van der Waals surface area (Å²) in [5.41, 5.74) is 1.21. The van der Waals surface area contributed by atoms with Gasteiger partial charge in [0.2, 0.25) is 0 Å². The van der Waals surface area contributed by atoms with Crippen molar-refractivity contribution in [3.63, 3.8) is 0 Å². The van der Waals surface area contributed by atoms with Crippen LogP contribution in [0.5, 0.6) is 28.7 Å². The van der Waals surface area contributed by atoms with Crippen LogP contribution in [0.3, 0.4) is 0 Å². The minimum Gasteiger partial charge on any atom is -0.493 e. The molecule has 0 aliphatic heterocycles. The van der Waals surface area contributed by atoms with Crippen LogP contribution in [0.15, 0.2) is 71.8 Å². The lowest BCUT2D eigenvalue weighted by molar-refractivity contribution is -0.275. The maximum Gasteiger partial charge on any atom is 0.573 e. The molecule has 0 unspecified atom stereocenters. The standard InChI is InChI=1S/C25H21F3N2O6S/c1-15-14-16(30-37(31,32)22-7-5-4-6-20(22)36-25(26,27)28)8-10-18(15)35-19-12-13-29-23-17(19)9-11-21(33-2)24(23)34-3/h4-14,30H,1-3H3. The predicted octanol–water partition coefficient (Wildman–Crippen LogP) is 6.05. The zero-order chi connectivity index (χ0) is 26.8. The fourth-order valence-corrected chi connectivity index (χ4v) is 4.81. The number of para-hydroxylation sites is 1. The molecule has 0 aliphatic rings. The fraction of sp³-hybridized carbons (Fsp3) is 0.160. The van der Waals surface area contributed by atoms with Gasteiger partial charge in [-0.25, -0.2) is 8.42 Å². The molecule has 0 spiro atoms. The molecule has 0 fully saturated rings. The zero-order valence-electron chi connectivity index (χ0n) is 19.8. The van der Waals surface area contributed by atoms with E-state index < -0.39 is 27.0 Å². The van der Waals surface area contributed by atoms with E-state index in [9.17, 15) is 21.6 Å². The summed E-state index contributed by atoms with van der Waals surface area (Å²) in [6.45, 7) is 1.70. The van der Waals surface area contributed by atoms with Crippen molar-refractivity contribution in [3.05, 3.63) is 72.4 Å². The van der Waals surface area contributed by atoms with E-state index in [0.717, 1.165) is 12.1 Å². The van der Waals surface area contributed by atoms with Gasteiger partial charge in [-0.3, -0.25) is 9.71 Å². The average molecular weight is 535 g/mol. The van der Waals surface area contributed by atoms with Crippen molar-refractivity contribution in [3.8, 4) is 28.7 Å². The Bertz CT molecular complexity index is 1560. The first-order chi connectivity index (χ1) is 17.5. The second-order valence-corrected chi connectivity index (χ2v) is 9.34. The van der Waals surface area contributed by atoms with E-state index in [-0.39, 0.29) is 5.69 Å². The summed E-state index contributed by atoms with van der Waals surface area (Å²) in [6.07, 6.45) is -3.49. The van der Waals surface area contributed by atoms with E-state index in [1.165, 1.54) is 38.5 Å². The highest BCUT2D eigenvalue weighted by molar-refractivity contribution is 7.92. The Balaban J connectivity index is 1.61. The smallest absolute Gasteiger partial charge is 0.493 e. The van der Waals surface area contributed by atoms with Crippen molar-refractivity contribution >= 4 is 26.6 Å². The minimum absolute atomic E-state index is 0.123. The Hall–Kier alpha value is -4.19. The lowest BCUT2D eigenvalue weighted by atomic mass is 10.1. The molecule has 37 heavy (non-hydrogen) atoms. The molecule has 4 rings (SSSR count). The minimum atomic E-state index is -5.05. The van der Waals surface area contributed by atoms with Gasteiger partial charge in [0, 0.05) is 17.3 Å². The van der Waals surface area contributed by atoms with Crippen LogP contribution in [0.25, 0.3) is 10.9 Å². The van der Waals surface area contributed by atoms with E-state index in [2.05, 4.69) is 14.4 Å². The van der Waals surface area contributed by atoms with Gasteiger partial charge >= 0.3 is 6.36 Å². The molecule has 4 aromatic rings. The van der Waals surface area contributed by atoms with E-state index in [0.29, 0.717) is 39.5 Å². The van der Waals surface area contributed by atoms with Crippen LogP contribution in [0, 0.1) is 6.92 Å². The van der Waals surface area contributed by atoms with Gasteiger partial charge in [-0.1, -0.05) is 12.1 Å². The third-order valence-electron chi connectivity index (χ3n) is 5.23. The second kappa shape index (κ2) is 10.1. The molecule has 1 heterocycles. The number of halogens is 3. The third-order valence-corrected chi connectivity index (χ3v) is 6.65. The number of benzene rings is 3. The Morgan fingerprint density at radius 1 is 0.865 bits per heavy atom. The highest BCUT2D eigenvalue weighted by atomic mass is 32.2. The average Bonchev–Trinajstić information content (AvgIpc) is 2.84. The molecule has 0 bridgehead atoms. The summed E-state index contributed by atoms with van der Waals surface area (Å²) in [7, 11) is -1.37. The quantitative estimate of drug-likeness (QED) is 0.294. The highest BCUT2D eigenvalue weighted by Gasteiger charge is 2.34. The summed E-state index contributed by atoms with van der Waals surface area (Å²) in [5.74, 6) is 1.01. The van der Waals surface area contributed by atoms with Gasteiger partial charge in [0.05, 0.1) is 14.2 Å². The number of nitrogens with zero attached hydrogens (tertiary/aromatic N) is 1. The summed E-state index contributed by atoms with van der Waals surface area (Å²) in [5, 5.41) is 0.658. The molecule has 12 heteroatoms. The molecular weight excluding hydrogens is 513 g/mol. The molecule has 0 amide bonds. The van der Waals surface area contributed by atoms with Gasteiger partial charge < -0.3 is 18.9 Å². The largest absolute Gasteiger partial charge is 0.573 e. The molecule has 0 saturated carbocycles. The number of alkyl halides is 3. The van der Waals surface area contributed by atoms with Gasteiger partial charge in [0.15, 0.2) is 11.5 Å². The number of sulfonamides is 1. The van der Waals surface area contributed by atoms with E-state index in [4.69, 9.17) is 14.2 Å². The number of anilines is 1. The van der Waals surface area contributed by atoms with E-state index >= 15 is 0 Å². The Labute approximate surface area is 210 Å². The molecular formula is C25H21F3N2O6S. The number of rotatable bonds is 8. The van der Waals surface area contributed by atoms with Crippen molar-refractivity contribution in [2.45, 2.75) is 18.2 Å². The van der Waals surface area contributed by atoms with Crippen LogP contribution in [-0.2, 0) is 10.0 Å². The van der Waals surface area contributed by atoms with Crippen LogP contribution in [0.1, 0.15) is 5.56 Å². The predicted molar refractivity (Wildman–Crippen MR) is 130 cm³/mol. The number of nitrogens with one attached hydrogen (secondary N) is 1. The van der Waals surface area contributed by atoms with Crippen LogP contribution < -0.4 is 23.7 Å². The van der Waals surface area contributed by atoms with E-state index in [1.807, 2.05) is 0 Å². The first-order valence-corrected chi connectivity index (χ1v) is 12.2. The van der Waals surface area contributed by atoms with Crippen molar-refractivity contribution in [2.24, 2.45) is 0 Å².